The van der Waals surface area contributed by atoms with E-state index in [9.17, 15) is 0 Å². The van der Waals surface area contributed by atoms with Gasteiger partial charge in [0, 0.05) is 49.2 Å². The molecule has 0 fully saturated rings. The highest BCUT2D eigenvalue weighted by molar-refractivity contribution is 6.24. The third kappa shape index (κ3) is 4.54. The number of fused-ring (bicyclic) bond motifs is 13. The van der Waals surface area contributed by atoms with E-state index in [1.165, 1.54) is 49.4 Å². The average molecular weight is 731 g/mol. The Kier molecular flexibility index (Phi) is 6.62. The van der Waals surface area contributed by atoms with E-state index in [2.05, 4.69) is 158 Å². The molecule has 3 aromatic heterocycles. The van der Waals surface area contributed by atoms with Gasteiger partial charge in [0.15, 0.2) is 17.5 Å². The number of hydrogen-bond acceptors (Lipinski definition) is 4. The van der Waals surface area contributed by atoms with Gasteiger partial charge in [-0.3, -0.25) is 0 Å². The molecule has 0 radical (unpaired) electrons. The second-order valence-electron chi connectivity index (χ2n) is 15.5. The van der Waals surface area contributed by atoms with E-state index in [-0.39, 0.29) is 5.41 Å². The molecule has 268 valence electrons. The molecule has 11 aromatic rings. The minimum absolute atomic E-state index is 0.229. The molecule has 0 aliphatic heterocycles. The van der Waals surface area contributed by atoms with Gasteiger partial charge in [-0.2, -0.15) is 0 Å². The lowest BCUT2D eigenvalue weighted by molar-refractivity contribution is 0.659. The molecule has 0 saturated carbocycles. The maximum Gasteiger partial charge on any atom is 0.167 e. The minimum atomic E-state index is -0.229. The van der Waals surface area contributed by atoms with Gasteiger partial charge < -0.3 is 8.98 Å². The number of nitrogens with zero attached hydrogens (tertiary/aromatic N) is 4. The number of rotatable bonds is 4. The molecule has 0 bridgehead atoms. The van der Waals surface area contributed by atoms with E-state index >= 15 is 0 Å². The van der Waals surface area contributed by atoms with Crippen LogP contribution in [-0.2, 0) is 5.41 Å². The fraction of sp³-hybridized carbons (Fsp3) is 0.0577. The fourth-order valence-electron chi connectivity index (χ4n) is 9.48. The Morgan fingerprint density at radius 1 is 0.439 bits per heavy atom. The highest BCUT2D eigenvalue weighted by Gasteiger charge is 2.40. The molecule has 8 aromatic carbocycles. The number of benzene rings is 8. The van der Waals surface area contributed by atoms with E-state index in [0.717, 1.165) is 49.7 Å². The van der Waals surface area contributed by atoms with Crippen LogP contribution in [0.3, 0.4) is 0 Å². The smallest absolute Gasteiger partial charge is 0.167 e. The first-order valence-corrected chi connectivity index (χ1v) is 19.5. The lowest BCUT2D eigenvalue weighted by atomic mass is 9.79. The van der Waals surface area contributed by atoms with E-state index in [0.29, 0.717) is 17.5 Å². The molecule has 1 aliphatic rings. The molecular formula is C52H34N4O. The van der Waals surface area contributed by atoms with Crippen molar-refractivity contribution < 1.29 is 4.42 Å². The van der Waals surface area contributed by atoms with Gasteiger partial charge >= 0.3 is 0 Å². The number of furan rings is 1. The first-order valence-electron chi connectivity index (χ1n) is 19.5. The molecule has 5 nitrogen and oxygen atoms in total. The van der Waals surface area contributed by atoms with Crippen LogP contribution in [0.25, 0.3) is 105 Å². The molecule has 3 heterocycles. The van der Waals surface area contributed by atoms with Crippen LogP contribution in [0.2, 0.25) is 0 Å². The normalized spacial score (nSPS) is 13.2. The van der Waals surface area contributed by atoms with Crippen molar-refractivity contribution in [1.82, 2.24) is 19.5 Å². The predicted octanol–water partition coefficient (Wildman–Crippen LogP) is 13.3. The summed E-state index contributed by atoms with van der Waals surface area (Å²) in [5.74, 6) is 1.78. The average Bonchev–Trinajstić information content (AvgIpc) is 3.90. The highest BCUT2D eigenvalue weighted by Crippen LogP contribution is 2.56. The van der Waals surface area contributed by atoms with Crippen molar-refractivity contribution >= 4 is 54.5 Å². The van der Waals surface area contributed by atoms with Crippen molar-refractivity contribution in [2.75, 3.05) is 0 Å². The van der Waals surface area contributed by atoms with Crippen LogP contribution in [0.4, 0.5) is 0 Å². The Morgan fingerprint density at radius 2 is 0.982 bits per heavy atom. The first-order chi connectivity index (χ1) is 28.0. The molecule has 12 rings (SSSR count). The van der Waals surface area contributed by atoms with Crippen molar-refractivity contribution in [1.29, 1.82) is 0 Å². The second-order valence-corrected chi connectivity index (χ2v) is 15.5. The lowest BCUT2D eigenvalue weighted by Gasteiger charge is -2.22. The Balaban J connectivity index is 1.07. The summed E-state index contributed by atoms with van der Waals surface area (Å²) in [5, 5.41) is 6.99. The summed E-state index contributed by atoms with van der Waals surface area (Å²) in [6.07, 6.45) is 0. The molecule has 0 atom stereocenters. The van der Waals surface area contributed by atoms with E-state index < -0.39 is 0 Å². The molecule has 0 unspecified atom stereocenters. The van der Waals surface area contributed by atoms with Gasteiger partial charge in [0.1, 0.15) is 11.2 Å². The summed E-state index contributed by atoms with van der Waals surface area (Å²) < 4.78 is 9.41. The lowest BCUT2D eigenvalue weighted by Crippen LogP contribution is -2.15. The molecule has 0 N–H and O–H groups in total. The number of hydrogen-bond donors (Lipinski definition) is 0. The topological polar surface area (TPSA) is 56.7 Å². The zero-order valence-electron chi connectivity index (χ0n) is 31.4. The zero-order valence-corrected chi connectivity index (χ0v) is 31.4. The Hall–Kier alpha value is -7.37. The van der Waals surface area contributed by atoms with Crippen molar-refractivity contribution in [3.05, 3.63) is 181 Å². The molecule has 0 amide bonds. The largest absolute Gasteiger partial charge is 0.455 e. The SMILES string of the molecule is CC1(C)c2ccccc2-c2c1c1c3cccc(-c4nc(-c5ccccc5)nc(-c5ccc(-n6c7ccccc7c7ccccc76)cc5)n4)c3oc1c1ccccc21. The molecular weight excluding hydrogens is 697 g/mol. The van der Waals surface area contributed by atoms with Gasteiger partial charge in [0.05, 0.1) is 16.6 Å². The Bertz CT molecular complexity index is 3380. The number of para-hydroxylation sites is 3. The van der Waals surface area contributed by atoms with Crippen LogP contribution < -0.4 is 0 Å². The standard InChI is InChI=1S/C52H34N4O/c1-52(2)41-24-11-8-21-38(41)44-36-19-6-7-20-37(36)48-45(46(44)52)39-22-14-23-40(47(39)57-48)51-54-49(31-15-4-3-5-16-31)53-50(55-51)32-27-29-33(30-28-32)56-42-25-12-9-17-34(42)35-18-10-13-26-43(35)56/h3-30H,1-2H3. The summed E-state index contributed by atoms with van der Waals surface area (Å²) in [4.78, 5) is 15.5. The summed E-state index contributed by atoms with van der Waals surface area (Å²) in [7, 11) is 0. The predicted molar refractivity (Wildman–Crippen MR) is 233 cm³/mol. The maximum atomic E-state index is 7.08. The Morgan fingerprint density at radius 3 is 1.70 bits per heavy atom. The summed E-state index contributed by atoms with van der Waals surface area (Å²) in [5.41, 5.74) is 12.7. The number of aromatic nitrogens is 4. The fourth-order valence-corrected chi connectivity index (χ4v) is 9.48. The maximum absolute atomic E-state index is 7.08. The van der Waals surface area contributed by atoms with Crippen LogP contribution in [0.1, 0.15) is 25.0 Å². The van der Waals surface area contributed by atoms with Crippen molar-refractivity contribution in [3.8, 4) is 51.0 Å². The van der Waals surface area contributed by atoms with Crippen LogP contribution >= 0.6 is 0 Å². The summed E-state index contributed by atoms with van der Waals surface area (Å²) >= 11 is 0. The monoisotopic (exact) mass is 730 g/mol. The highest BCUT2D eigenvalue weighted by atomic mass is 16.3. The van der Waals surface area contributed by atoms with E-state index in [1.54, 1.807) is 0 Å². The molecule has 0 saturated heterocycles. The van der Waals surface area contributed by atoms with Gasteiger partial charge in [-0.15, -0.1) is 0 Å². The van der Waals surface area contributed by atoms with Gasteiger partial charge in [0.2, 0.25) is 0 Å². The van der Waals surface area contributed by atoms with Crippen molar-refractivity contribution in [2.24, 2.45) is 0 Å². The van der Waals surface area contributed by atoms with Crippen LogP contribution in [0.5, 0.6) is 0 Å². The quantitative estimate of drug-likeness (QED) is 0.181. The molecule has 0 spiro atoms. The zero-order chi connectivity index (χ0) is 37.8. The van der Waals surface area contributed by atoms with Gasteiger partial charge in [-0.1, -0.05) is 141 Å². The van der Waals surface area contributed by atoms with Gasteiger partial charge in [0.25, 0.3) is 0 Å². The minimum Gasteiger partial charge on any atom is -0.455 e. The van der Waals surface area contributed by atoms with Gasteiger partial charge in [-0.05, 0) is 70.1 Å². The molecule has 1 aliphatic carbocycles. The molecule has 57 heavy (non-hydrogen) atoms. The van der Waals surface area contributed by atoms with Crippen LogP contribution in [0, 0.1) is 0 Å². The Labute approximate surface area is 328 Å². The summed E-state index contributed by atoms with van der Waals surface area (Å²) in [6, 6.07) is 59.7. The molecule has 5 heteroatoms. The van der Waals surface area contributed by atoms with Crippen LogP contribution in [-0.4, -0.2) is 19.5 Å². The van der Waals surface area contributed by atoms with Crippen molar-refractivity contribution in [3.63, 3.8) is 0 Å². The van der Waals surface area contributed by atoms with Gasteiger partial charge in [-0.25, -0.2) is 15.0 Å². The van der Waals surface area contributed by atoms with E-state index in [4.69, 9.17) is 19.4 Å². The third-order valence-electron chi connectivity index (χ3n) is 12.0. The summed E-state index contributed by atoms with van der Waals surface area (Å²) in [6.45, 7) is 4.68. The van der Waals surface area contributed by atoms with E-state index in [1.807, 2.05) is 30.3 Å². The van der Waals surface area contributed by atoms with Crippen LogP contribution in [0.15, 0.2) is 174 Å². The first kappa shape index (κ1) is 31.9. The van der Waals surface area contributed by atoms with Crippen molar-refractivity contribution in [2.45, 2.75) is 19.3 Å². The second kappa shape index (κ2) is 11.8. The third-order valence-corrected chi connectivity index (χ3v) is 12.0.